The first-order valence-corrected chi connectivity index (χ1v) is 7.18. The molecule has 0 aliphatic carbocycles. The Balaban J connectivity index is 2.77. The molecule has 1 aromatic rings. The normalized spacial score (nSPS) is 10.7. The molecule has 1 aromatic heterocycles. The number of anilines is 1. The van der Waals surface area contributed by atoms with E-state index in [1.165, 1.54) is 11.3 Å². The van der Waals surface area contributed by atoms with Gasteiger partial charge in [-0.2, -0.15) is 0 Å². The van der Waals surface area contributed by atoms with Gasteiger partial charge in [-0.3, -0.25) is 4.98 Å². The molecule has 0 aromatic carbocycles. The van der Waals surface area contributed by atoms with E-state index < -0.39 is 0 Å². The molecule has 1 N–H and O–H groups in total. The average Bonchev–Trinajstić information content (AvgIpc) is 2.39. The lowest BCUT2D eigenvalue weighted by Crippen LogP contribution is -2.27. The number of nitrogens with zero attached hydrogens (tertiary/aromatic N) is 2. The van der Waals surface area contributed by atoms with E-state index in [2.05, 4.69) is 48.6 Å². The lowest BCUT2D eigenvalue weighted by molar-refractivity contribution is 0.551. The maximum Gasteiger partial charge on any atom is 0.0445 e. The third-order valence-corrected chi connectivity index (χ3v) is 2.93. The van der Waals surface area contributed by atoms with Gasteiger partial charge in [0, 0.05) is 43.3 Å². The fourth-order valence-electron chi connectivity index (χ4n) is 2.10. The second-order valence-electron chi connectivity index (χ2n) is 5.26. The number of hydrogen-bond acceptors (Lipinski definition) is 3. The predicted molar refractivity (Wildman–Crippen MR) is 83.5 cm³/mol. The first kappa shape index (κ1) is 15.7. The molecule has 3 nitrogen and oxygen atoms in total. The van der Waals surface area contributed by atoms with Crippen molar-refractivity contribution in [1.82, 2.24) is 10.3 Å². The Labute approximate surface area is 117 Å². The first-order chi connectivity index (χ1) is 9.19. The molecule has 106 valence electrons. The van der Waals surface area contributed by atoms with Gasteiger partial charge >= 0.3 is 0 Å². The summed E-state index contributed by atoms with van der Waals surface area (Å²) in [4.78, 5) is 6.62. The molecule has 0 amide bonds. The number of nitrogens with one attached hydrogen (secondary N) is 1. The van der Waals surface area contributed by atoms with Crippen LogP contribution in [0.4, 0.5) is 5.69 Å². The second-order valence-corrected chi connectivity index (χ2v) is 5.26. The number of rotatable bonds is 9. The average molecular weight is 261 g/mol. The smallest absolute Gasteiger partial charge is 0.0445 e. The summed E-state index contributed by atoms with van der Waals surface area (Å²) in [6.45, 7) is 14.3. The number of aromatic nitrogens is 1. The van der Waals surface area contributed by atoms with E-state index in [0.717, 1.165) is 32.6 Å². The highest BCUT2D eigenvalue weighted by Crippen LogP contribution is 2.19. The Hall–Kier alpha value is -1.35. The van der Waals surface area contributed by atoms with Crippen LogP contribution in [0.1, 0.15) is 32.8 Å². The molecule has 0 fully saturated rings. The molecule has 3 heteroatoms. The van der Waals surface area contributed by atoms with Crippen molar-refractivity contribution in [3.63, 3.8) is 0 Å². The molecule has 0 aliphatic rings. The van der Waals surface area contributed by atoms with Gasteiger partial charge in [-0.05, 0) is 24.9 Å². The van der Waals surface area contributed by atoms with E-state index in [1.807, 2.05) is 18.5 Å². The molecular weight excluding hydrogens is 234 g/mol. The van der Waals surface area contributed by atoms with Crippen molar-refractivity contribution in [1.29, 1.82) is 0 Å². The van der Waals surface area contributed by atoms with Crippen LogP contribution in [0.5, 0.6) is 0 Å². The zero-order valence-corrected chi connectivity index (χ0v) is 12.5. The maximum absolute atomic E-state index is 4.25. The lowest BCUT2D eigenvalue weighted by Gasteiger charge is -2.25. The maximum atomic E-state index is 4.25. The topological polar surface area (TPSA) is 28.2 Å². The van der Waals surface area contributed by atoms with Crippen molar-refractivity contribution < 1.29 is 0 Å². The van der Waals surface area contributed by atoms with Crippen molar-refractivity contribution >= 4 is 5.69 Å². The molecule has 0 atom stereocenters. The van der Waals surface area contributed by atoms with Crippen LogP contribution in [0.25, 0.3) is 0 Å². The molecular formula is C16H27N3. The minimum Gasteiger partial charge on any atom is -0.367 e. The highest BCUT2D eigenvalue weighted by molar-refractivity contribution is 5.52. The standard InChI is InChI=1S/C16H27N3/c1-5-9-19(10-6-2)16-7-8-17-12-15(16)13-18-11-14(3)4/h5,7-8,12,14,18H,1,6,9-11,13H2,2-4H3. The predicted octanol–water partition coefficient (Wildman–Crippen LogP) is 3.23. The van der Waals surface area contributed by atoms with Gasteiger partial charge in [-0.15, -0.1) is 6.58 Å². The summed E-state index contributed by atoms with van der Waals surface area (Å²) in [6.07, 6.45) is 6.93. The van der Waals surface area contributed by atoms with Gasteiger partial charge in [0.25, 0.3) is 0 Å². The SMILES string of the molecule is C=CCN(CCC)c1ccncc1CNCC(C)C. The zero-order valence-electron chi connectivity index (χ0n) is 12.5. The van der Waals surface area contributed by atoms with Crippen LogP contribution in [0, 0.1) is 5.92 Å². The zero-order chi connectivity index (χ0) is 14.1. The third-order valence-electron chi connectivity index (χ3n) is 2.93. The fraction of sp³-hybridized carbons (Fsp3) is 0.562. The monoisotopic (exact) mass is 261 g/mol. The quantitative estimate of drug-likeness (QED) is 0.692. The summed E-state index contributed by atoms with van der Waals surface area (Å²) in [5.74, 6) is 0.667. The van der Waals surface area contributed by atoms with Gasteiger partial charge in [0.1, 0.15) is 0 Å². The Morgan fingerprint density at radius 3 is 2.89 bits per heavy atom. The number of pyridine rings is 1. The summed E-state index contributed by atoms with van der Waals surface area (Å²) < 4.78 is 0. The van der Waals surface area contributed by atoms with Crippen molar-refractivity contribution in [3.8, 4) is 0 Å². The summed E-state index contributed by atoms with van der Waals surface area (Å²) >= 11 is 0. The van der Waals surface area contributed by atoms with Crippen LogP contribution in [0.15, 0.2) is 31.1 Å². The molecule has 0 aliphatic heterocycles. The molecule has 0 unspecified atom stereocenters. The van der Waals surface area contributed by atoms with Crippen molar-refractivity contribution in [2.24, 2.45) is 5.92 Å². The first-order valence-electron chi connectivity index (χ1n) is 7.18. The van der Waals surface area contributed by atoms with E-state index >= 15 is 0 Å². The van der Waals surface area contributed by atoms with Gasteiger partial charge in [0.15, 0.2) is 0 Å². The summed E-state index contributed by atoms with van der Waals surface area (Å²) in [7, 11) is 0. The van der Waals surface area contributed by atoms with E-state index in [0.29, 0.717) is 5.92 Å². The van der Waals surface area contributed by atoms with E-state index in [9.17, 15) is 0 Å². The van der Waals surface area contributed by atoms with Gasteiger partial charge < -0.3 is 10.2 Å². The van der Waals surface area contributed by atoms with Crippen LogP contribution >= 0.6 is 0 Å². The molecule has 0 bridgehead atoms. The fourth-order valence-corrected chi connectivity index (χ4v) is 2.10. The molecule has 1 rings (SSSR count). The lowest BCUT2D eigenvalue weighted by atomic mass is 10.2. The summed E-state index contributed by atoms with van der Waals surface area (Å²) in [5, 5.41) is 3.49. The Morgan fingerprint density at radius 1 is 1.47 bits per heavy atom. The highest BCUT2D eigenvalue weighted by Gasteiger charge is 2.09. The van der Waals surface area contributed by atoms with E-state index in [1.54, 1.807) is 0 Å². The van der Waals surface area contributed by atoms with Gasteiger partial charge in [-0.25, -0.2) is 0 Å². The minimum absolute atomic E-state index is 0.667. The largest absolute Gasteiger partial charge is 0.367 e. The molecule has 0 spiro atoms. The summed E-state index contributed by atoms with van der Waals surface area (Å²) in [5.41, 5.74) is 2.53. The molecule has 19 heavy (non-hydrogen) atoms. The van der Waals surface area contributed by atoms with Gasteiger partial charge in [0.2, 0.25) is 0 Å². The van der Waals surface area contributed by atoms with Crippen LogP contribution in [-0.4, -0.2) is 24.6 Å². The number of hydrogen-bond donors (Lipinski definition) is 1. The second kappa shape index (κ2) is 8.70. The van der Waals surface area contributed by atoms with E-state index in [4.69, 9.17) is 0 Å². The molecule has 0 saturated carbocycles. The van der Waals surface area contributed by atoms with E-state index in [-0.39, 0.29) is 0 Å². The summed E-state index contributed by atoms with van der Waals surface area (Å²) in [6, 6.07) is 2.10. The van der Waals surface area contributed by atoms with Crippen molar-refractivity contribution in [3.05, 3.63) is 36.7 Å². The molecule has 0 radical (unpaired) electrons. The molecule has 0 saturated heterocycles. The third kappa shape index (κ3) is 5.43. The van der Waals surface area contributed by atoms with Gasteiger partial charge in [0.05, 0.1) is 0 Å². The van der Waals surface area contributed by atoms with Crippen LogP contribution in [0.2, 0.25) is 0 Å². The Bertz CT molecular complexity index is 374. The van der Waals surface area contributed by atoms with Crippen LogP contribution < -0.4 is 10.2 Å². The van der Waals surface area contributed by atoms with Crippen molar-refractivity contribution in [2.45, 2.75) is 33.7 Å². The molecule has 1 heterocycles. The Kier molecular flexibility index (Phi) is 7.19. The highest BCUT2D eigenvalue weighted by atomic mass is 15.1. The van der Waals surface area contributed by atoms with Gasteiger partial charge in [-0.1, -0.05) is 26.8 Å². The van der Waals surface area contributed by atoms with Crippen LogP contribution in [0.3, 0.4) is 0 Å². The Morgan fingerprint density at radius 2 is 2.26 bits per heavy atom. The minimum atomic E-state index is 0.667. The van der Waals surface area contributed by atoms with Crippen molar-refractivity contribution in [2.75, 3.05) is 24.5 Å². The van der Waals surface area contributed by atoms with Crippen LogP contribution in [-0.2, 0) is 6.54 Å².